The van der Waals surface area contributed by atoms with Crippen LogP contribution in [0.4, 0.5) is 5.69 Å². The average Bonchev–Trinajstić information content (AvgIpc) is 3.18. The standard InChI is InChI=1S/C22H24N4O3S/c1-25(2)30(28,29)17-12-10-16(11-13-17)22(27)24-19-8-4-3-7-18(19)20-15-26-14-6-5-9-21(26)23-20/h3-4,7-8,10-13,15H,5-6,9,14H2,1-2H3,(H,24,27). The maximum Gasteiger partial charge on any atom is 0.255 e. The van der Waals surface area contributed by atoms with Gasteiger partial charge in [0.05, 0.1) is 16.3 Å². The highest BCUT2D eigenvalue weighted by Gasteiger charge is 2.19. The van der Waals surface area contributed by atoms with Crippen molar-refractivity contribution in [2.24, 2.45) is 0 Å². The smallest absolute Gasteiger partial charge is 0.255 e. The number of rotatable bonds is 5. The minimum atomic E-state index is -3.53. The first-order valence-corrected chi connectivity index (χ1v) is 11.3. The summed E-state index contributed by atoms with van der Waals surface area (Å²) in [7, 11) is -0.586. The molecular weight excluding hydrogens is 400 g/mol. The topological polar surface area (TPSA) is 84.3 Å². The zero-order valence-corrected chi connectivity index (χ0v) is 17.8. The molecule has 0 aliphatic carbocycles. The second-order valence-electron chi connectivity index (χ2n) is 7.50. The highest BCUT2D eigenvalue weighted by molar-refractivity contribution is 7.89. The largest absolute Gasteiger partial charge is 0.334 e. The first-order valence-electron chi connectivity index (χ1n) is 9.85. The van der Waals surface area contributed by atoms with Gasteiger partial charge in [-0.1, -0.05) is 18.2 Å². The molecule has 2 heterocycles. The number of imidazole rings is 1. The van der Waals surface area contributed by atoms with Gasteiger partial charge in [0.25, 0.3) is 5.91 Å². The van der Waals surface area contributed by atoms with Crippen molar-refractivity contribution in [2.75, 3.05) is 19.4 Å². The molecule has 1 aromatic heterocycles. The molecule has 156 valence electrons. The molecule has 1 aliphatic heterocycles. The van der Waals surface area contributed by atoms with Crippen LogP contribution in [0.5, 0.6) is 0 Å². The minimum absolute atomic E-state index is 0.146. The molecule has 0 fully saturated rings. The number of hydrogen-bond acceptors (Lipinski definition) is 4. The number of aromatic nitrogens is 2. The van der Waals surface area contributed by atoms with Crippen molar-refractivity contribution >= 4 is 21.6 Å². The number of carbonyl (C=O) groups is 1. The van der Waals surface area contributed by atoms with Crippen LogP contribution in [0.3, 0.4) is 0 Å². The lowest BCUT2D eigenvalue weighted by Gasteiger charge is -2.12. The fraction of sp³-hybridized carbons (Fsp3) is 0.273. The monoisotopic (exact) mass is 424 g/mol. The lowest BCUT2D eigenvalue weighted by atomic mass is 10.1. The van der Waals surface area contributed by atoms with Crippen molar-refractivity contribution in [3.05, 3.63) is 66.1 Å². The van der Waals surface area contributed by atoms with E-state index in [9.17, 15) is 13.2 Å². The zero-order chi connectivity index (χ0) is 21.3. The number of hydrogen-bond donors (Lipinski definition) is 1. The lowest BCUT2D eigenvalue weighted by molar-refractivity contribution is 0.102. The van der Waals surface area contributed by atoms with E-state index in [1.165, 1.54) is 38.4 Å². The number of carbonyl (C=O) groups excluding carboxylic acids is 1. The molecule has 7 nitrogen and oxygen atoms in total. The van der Waals surface area contributed by atoms with Gasteiger partial charge in [-0.2, -0.15) is 0 Å². The molecule has 4 rings (SSSR count). The quantitative estimate of drug-likeness (QED) is 0.680. The predicted octanol–water partition coefficient (Wildman–Crippen LogP) is 3.39. The Labute approximate surface area is 176 Å². The zero-order valence-electron chi connectivity index (χ0n) is 17.0. The van der Waals surface area contributed by atoms with Gasteiger partial charge in [0, 0.05) is 44.4 Å². The number of benzene rings is 2. The summed E-state index contributed by atoms with van der Waals surface area (Å²) in [6.45, 7) is 0.971. The van der Waals surface area contributed by atoms with Crippen LogP contribution < -0.4 is 5.32 Å². The summed E-state index contributed by atoms with van der Waals surface area (Å²) >= 11 is 0. The van der Waals surface area contributed by atoms with Gasteiger partial charge in [0.2, 0.25) is 10.0 Å². The summed E-state index contributed by atoms with van der Waals surface area (Å²) in [5.41, 5.74) is 2.75. The minimum Gasteiger partial charge on any atom is -0.334 e. The van der Waals surface area contributed by atoms with Gasteiger partial charge in [-0.3, -0.25) is 4.79 Å². The highest BCUT2D eigenvalue weighted by Crippen LogP contribution is 2.29. The summed E-state index contributed by atoms with van der Waals surface area (Å²) in [6, 6.07) is 13.5. The molecule has 0 radical (unpaired) electrons. The Bertz CT molecular complexity index is 1160. The normalized spacial score (nSPS) is 13.8. The Morgan fingerprint density at radius 2 is 1.80 bits per heavy atom. The van der Waals surface area contributed by atoms with E-state index in [2.05, 4.69) is 9.88 Å². The third kappa shape index (κ3) is 3.88. The van der Waals surface area contributed by atoms with E-state index in [0.717, 1.165) is 47.2 Å². The highest BCUT2D eigenvalue weighted by atomic mass is 32.2. The van der Waals surface area contributed by atoms with E-state index in [0.29, 0.717) is 11.3 Å². The van der Waals surface area contributed by atoms with Crippen LogP contribution in [0.15, 0.2) is 59.6 Å². The van der Waals surface area contributed by atoms with Gasteiger partial charge in [-0.15, -0.1) is 0 Å². The maximum atomic E-state index is 12.8. The van der Waals surface area contributed by atoms with Crippen molar-refractivity contribution < 1.29 is 13.2 Å². The van der Waals surface area contributed by atoms with Gasteiger partial charge in [-0.25, -0.2) is 17.7 Å². The van der Waals surface area contributed by atoms with Crippen molar-refractivity contribution in [1.82, 2.24) is 13.9 Å². The van der Waals surface area contributed by atoms with Crippen LogP contribution in [0.25, 0.3) is 11.3 Å². The van der Waals surface area contributed by atoms with Crippen LogP contribution in [0.1, 0.15) is 29.0 Å². The molecule has 0 saturated heterocycles. The Morgan fingerprint density at radius 3 is 2.50 bits per heavy atom. The molecule has 0 saturated carbocycles. The summed E-state index contributed by atoms with van der Waals surface area (Å²) in [6.07, 6.45) is 5.31. The third-order valence-corrected chi connectivity index (χ3v) is 7.08. The second kappa shape index (κ2) is 8.04. The summed E-state index contributed by atoms with van der Waals surface area (Å²) in [5.74, 6) is 0.773. The molecule has 1 N–H and O–H groups in total. The van der Waals surface area contributed by atoms with Gasteiger partial charge < -0.3 is 9.88 Å². The third-order valence-electron chi connectivity index (χ3n) is 5.25. The number of fused-ring (bicyclic) bond motifs is 1. The van der Waals surface area contributed by atoms with E-state index in [-0.39, 0.29) is 10.8 Å². The molecule has 0 bridgehead atoms. The van der Waals surface area contributed by atoms with Gasteiger partial charge in [-0.05, 0) is 43.2 Å². The number of aryl methyl sites for hydroxylation is 2. The Kier molecular flexibility index (Phi) is 5.44. The molecule has 0 unspecified atom stereocenters. The van der Waals surface area contributed by atoms with Crippen molar-refractivity contribution in [3.63, 3.8) is 0 Å². The summed E-state index contributed by atoms with van der Waals surface area (Å²) in [4.78, 5) is 17.7. The maximum absolute atomic E-state index is 12.8. The first kappa shape index (κ1) is 20.3. The van der Waals surface area contributed by atoms with Crippen molar-refractivity contribution in [1.29, 1.82) is 0 Å². The molecule has 0 atom stereocenters. The van der Waals surface area contributed by atoms with Gasteiger partial charge >= 0.3 is 0 Å². The van der Waals surface area contributed by atoms with Crippen LogP contribution in [-0.4, -0.2) is 42.3 Å². The van der Waals surface area contributed by atoms with Gasteiger partial charge in [0.1, 0.15) is 5.82 Å². The van der Waals surface area contributed by atoms with E-state index < -0.39 is 10.0 Å². The summed E-state index contributed by atoms with van der Waals surface area (Å²) in [5, 5.41) is 2.94. The predicted molar refractivity (Wildman–Crippen MR) is 116 cm³/mol. The number of sulfonamides is 1. The van der Waals surface area contributed by atoms with Gasteiger partial charge in [0.15, 0.2) is 0 Å². The van der Waals surface area contributed by atoms with Crippen molar-refractivity contribution in [2.45, 2.75) is 30.7 Å². The van der Waals surface area contributed by atoms with Crippen LogP contribution in [0, 0.1) is 0 Å². The van der Waals surface area contributed by atoms with Crippen LogP contribution >= 0.6 is 0 Å². The van der Waals surface area contributed by atoms with E-state index in [1.54, 1.807) is 0 Å². The van der Waals surface area contributed by atoms with Crippen molar-refractivity contribution in [3.8, 4) is 11.3 Å². The molecule has 8 heteroatoms. The lowest BCUT2D eigenvalue weighted by Crippen LogP contribution is -2.22. The Hall–Kier alpha value is -2.97. The average molecular weight is 425 g/mol. The SMILES string of the molecule is CN(C)S(=O)(=O)c1ccc(C(=O)Nc2ccccc2-c2cn3c(n2)CCCC3)cc1. The first-order chi connectivity index (χ1) is 14.4. The fourth-order valence-electron chi connectivity index (χ4n) is 3.54. The van der Waals surface area contributed by atoms with Crippen LogP contribution in [-0.2, 0) is 23.0 Å². The number of amides is 1. The molecule has 0 spiro atoms. The van der Waals surface area contributed by atoms with E-state index >= 15 is 0 Å². The molecular formula is C22H24N4O3S. The second-order valence-corrected chi connectivity index (χ2v) is 9.66. The van der Waals surface area contributed by atoms with E-state index in [4.69, 9.17) is 4.98 Å². The number of nitrogens with zero attached hydrogens (tertiary/aromatic N) is 3. The molecule has 3 aromatic rings. The summed E-state index contributed by atoms with van der Waals surface area (Å²) < 4.78 is 27.7. The Morgan fingerprint density at radius 1 is 1.07 bits per heavy atom. The van der Waals surface area contributed by atoms with E-state index in [1.807, 2.05) is 30.5 Å². The number of para-hydroxylation sites is 1. The fourth-order valence-corrected chi connectivity index (χ4v) is 4.44. The number of anilines is 1. The molecule has 30 heavy (non-hydrogen) atoms. The molecule has 2 aromatic carbocycles. The molecule has 1 amide bonds. The molecule has 1 aliphatic rings. The van der Waals surface area contributed by atoms with Crippen LogP contribution in [0.2, 0.25) is 0 Å². The number of nitrogens with one attached hydrogen (secondary N) is 1. The Balaban J connectivity index is 1.58.